The predicted molar refractivity (Wildman–Crippen MR) is 91.6 cm³/mol. The maximum atomic E-state index is 12.4. The van der Waals surface area contributed by atoms with Gasteiger partial charge in [0, 0.05) is 18.5 Å². The van der Waals surface area contributed by atoms with Crippen LogP contribution in [0.1, 0.15) is 20.3 Å². The molecule has 0 N–H and O–H groups in total. The van der Waals surface area contributed by atoms with Gasteiger partial charge in [-0.1, -0.05) is 25.6 Å². The van der Waals surface area contributed by atoms with Crippen molar-refractivity contribution in [3.8, 4) is 0 Å². The molecule has 0 bridgehead atoms. The Morgan fingerprint density at radius 2 is 2.24 bits per heavy atom. The molecule has 1 aromatic heterocycles. The van der Waals surface area contributed by atoms with E-state index < -0.39 is 18.3 Å². The van der Waals surface area contributed by atoms with Crippen molar-refractivity contribution < 1.29 is 23.9 Å². The van der Waals surface area contributed by atoms with Crippen LogP contribution in [0, 0.1) is 5.92 Å². The van der Waals surface area contributed by atoms with Crippen molar-refractivity contribution in [2.24, 2.45) is 5.92 Å². The molecule has 0 aromatic carbocycles. The summed E-state index contributed by atoms with van der Waals surface area (Å²) >= 11 is 1.04. The van der Waals surface area contributed by atoms with E-state index in [9.17, 15) is 14.4 Å². The maximum absolute atomic E-state index is 12.4. The summed E-state index contributed by atoms with van der Waals surface area (Å²) < 4.78 is 9.81. The van der Waals surface area contributed by atoms with Crippen LogP contribution in [0.15, 0.2) is 42.1 Å². The molecule has 1 amide bonds. The topological polar surface area (TPSA) is 85.8 Å². The van der Waals surface area contributed by atoms with Gasteiger partial charge in [-0.25, -0.2) is 9.78 Å². The molecule has 0 spiro atoms. The van der Waals surface area contributed by atoms with Gasteiger partial charge in [-0.3, -0.25) is 9.59 Å². The zero-order valence-electron chi connectivity index (χ0n) is 14.1. The van der Waals surface area contributed by atoms with Crippen LogP contribution in [-0.4, -0.2) is 45.9 Å². The number of amides is 1. The summed E-state index contributed by atoms with van der Waals surface area (Å²) in [5.74, 6) is -0.587. The number of ether oxygens (including phenoxy) is 2. The normalized spacial score (nSPS) is 18.7. The first kappa shape index (κ1) is 19.0. The number of likely N-dealkylation sites (tertiary alicyclic amines) is 1. The minimum atomic E-state index is -0.882. The first-order valence-electron chi connectivity index (χ1n) is 7.82. The Hall–Kier alpha value is -2.35. The van der Waals surface area contributed by atoms with Gasteiger partial charge in [0.1, 0.15) is 11.6 Å². The molecular formula is C17H20N2O5S. The average Bonchev–Trinajstić information content (AvgIpc) is 2.57. The first-order valence-corrected chi connectivity index (χ1v) is 8.64. The highest BCUT2D eigenvalue weighted by Gasteiger charge is 2.45. The highest BCUT2D eigenvalue weighted by Crippen LogP contribution is 2.33. The lowest BCUT2D eigenvalue weighted by Gasteiger charge is -2.45. The maximum Gasteiger partial charge on any atom is 0.510 e. The Morgan fingerprint density at radius 1 is 1.48 bits per heavy atom. The molecule has 134 valence electrons. The summed E-state index contributed by atoms with van der Waals surface area (Å²) in [6.45, 7) is 6.79. The fraction of sp³-hybridized carbons (Fsp3) is 0.412. The Bertz CT molecular complexity index is 652. The second-order valence-corrected chi connectivity index (χ2v) is 6.54. The molecule has 1 fully saturated rings. The third kappa shape index (κ3) is 4.82. The Balaban J connectivity index is 1.94. The molecule has 7 nitrogen and oxygen atoms in total. The number of carbonyl (C=O) groups is 3. The van der Waals surface area contributed by atoms with Crippen LogP contribution < -0.4 is 0 Å². The van der Waals surface area contributed by atoms with Crippen LogP contribution in [-0.2, 0) is 19.1 Å². The largest absolute Gasteiger partial charge is 0.510 e. The molecule has 1 aliphatic rings. The van der Waals surface area contributed by atoms with Crippen LogP contribution >= 0.6 is 11.8 Å². The van der Waals surface area contributed by atoms with Gasteiger partial charge in [-0.2, -0.15) is 0 Å². The number of thioether (sulfide) groups is 1. The van der Waals surface area contributed by atoms with Crippen molar-refractivity contribution in [2.45, 2.75) is 37.6 Å². The number of carbonyl (C=O) groups excluding carboxylic acids is 3. The molecule has 1 aliphatic heterocycles. The first-order chi connectivity index (χ1) is 11.9. The number of aromatic nitrogens is 1. The minimum Gasteiger partial charge on any atom is -0.430 e. The fourth-order valence-corrected chi connectivity index (χ4v) is 3.27. The van der Waals surface area contributed by atoms with Gasteiger partial charge in [0.2, 0.25) is 5.91 Å². The van der Waals surface area contributed by atoms with Gasteiger partial charge in [-0.15, -0.1) is 0 Å². The smallest absolute Gasteiger partial charge is 0.430 e. The highest BCUT2D eigenvalue weighted by atomic mass is 32.2. The monoisotopic (exact) mass is 364 g/mol. The van der Waals surface area contributed by atoms with E-state index in [0.717, 1.165) is 11.8 Å². The Morgan fingerprint density at radius 3 is 2.84 bits per heavy atom. The summed E-state index contributed by atoms with van der Waals surface area (Å²) in [6.07, 6.45) is 1.58. The van der Waals surface area contributed by atoms with Gasteiger partial charge in [-0.05, 0) is 30.8 Å². The molecule has 2 rings (SSSR count). The predicted octanol–water partition coefficient (Wildman–Crippen LogP) is 2.62. The van der Waals surface area contributed by atoms with Crippen molar-refractivity contribution in [2.75, 3.05) is 6.61 Å². The number of hydrogen-bond donors (Lipinski definition) is 0. The lowest BCUT2D eigenvalue weighted by atomic mass is 9.90. The molecule has 3 atom stereocenters. The van der Waals surface area contributed by atoms with E-state index in [-0.39, 0.29) is 30.1 Å². The number of nitrogens with zero attached hydrogens (tertiary/aromatic N) is 2. The zero-order valence-corrected chi connectivity index (χ0v) is 14.9. The van der Waals surface area contributed by atoms with E-state index >= 15 is 0 Å². The molecule has 0 saturated carbocycles. The number of rotatable bonds is 7. The van der Waals surface area contributed by atoms with E-state index in [2.05, 4.69) is 11.6 Å². The number of hydrogen-bond acceptors (Lipinski definition) is 7. The van der Waals surface area contributed by atoms with Crippen molar-refractivity contribution in [1.82, 2.24) is 9.88 Å². The summed E-state index contributed by atoms with van der Waals surface area (Å²) in [6, 6.07) is 5.00. The molecule has 8 heteroatoms. The van der Waals surface area contributed by atoms with Crippen LogP contribution in [0.2, 0.25) is 0 Å². The molecule has 1 aromatic rings. The second kappa shape index (κ2) is 8.66. The third-order valence-corrected chi connectivity index (χ3v) is 4.82. The zero-order chi connectivity index (χ0) is 18.4. The molecule has 0 unspecified atom stereocenters. The SMILES string of the molecule is C=CCOC(=O)O[C@H](C)N1C(=O)C[C@@H]1[C@@H](C)C(=O)Sc1ccccn1. The lowest BCUT2D eigenvalue weighted by molar-refractivity contribution is -0.167. The van der Waals surface area contributed by atoms with E-state index in [1.807, 2.05) is 0 Å². The van der Waals surface area contributed by atoms with Crippen LogP contribution in [0.5, 0.6) is 0 Å². The highest BCUT2D eigenvalue weighted by molar-refractivity contribution is 8.13. The van der Waals surface area contributed by atoms with Crippen LogP contribution in [0.4, 0.5) is 4.79 Å². The summed E-state index contributed by atoms with van der Waals surface area (Å²) in [4.78, 5) is 41.4. The quantitative estimate of drug-likeness (QED) is 0.318. The van der Waals surface area contributed by atoms with Crippen LogP contribution in [0.25, 0.3) is 0 Å². The third-order valence-electron chi connectivity index (χ3n) is 3.80. The van der Waals surface area contributed by atoms with Gasteiger partial charge in [0.25, 0.3) is 0 Å². The van der Waals surface area contributed by atoms with E-state index in [1.54, 1.807) is 38.2 Å². The number of pyridine rings is 1. The van der Waals surface area contributed by atoms with Crippen LogP contribution in [0.3, 0.4) is 0 Å². The van der Waals surface area contributed by atoms with E-state index in [4.69, 9.17) is 9.47 Å². The Kier molecular flexibility index (Phi) is 6.58. The molecular weight excluding hydrogens is 344 g/mol. The van der Waals surface area contributed by atoms with E-state index in [1.165, 1.54) is 11.0 Å². The molecule has 1 saturated heterocycles. The molecule has 0 aliphatic carbocycles. The van der Waals surface area contributed by atoms with Gasteiger partial charge in [0.05, 0.1) is 6.04 Å². The molecule has 0 radical (unpaired) electrons. The molecule has 25 heavy (non-hydrogen) atoms. The standard InChI is InChI=1S/C17H20N2O5S/c1-4-9-23-17(22)24-12(3)19-13(10-15(19)20)11(2)16(21)25-14-7-5-6-8-18-14/h4-8,11-13H,1,9-10H2,2-3H3/t11-,12-,13-/m1/s1. The molecule has 2 heterocycles. The van der Waals surface area contributed by atoms with Crippen molar-refractivity contribution >= 4 is 28.9 Å². The lowest BCUT2D eigenvalue weighted by Crippen LogP contribution is -2.61. The van der Waals surface area contributed by atoms with Crippen molar-refractivity contribution in [3.05, 3.63) is 37.1 Å². The second-order valence-electron chi connectivity index (χ2n) is 5.52. The van der Waals surface area contributed by atoms with Gasteiger partial charge >= 0.3 is 6.16 Å². The van der Waals surface area contributed by atoms with E-state index in [0.29, 0.717) is 5.03 Å². The minimum absolute atomic E-state index is 0.0263. The van der Waals surface area contributed by atoms with Gasteiger partial charge in [0.15, 0.2) is 11.3 Å². The summed E-state index contributed by atoms with van der Waals surface area (Å²) in [7, 11) is 0. The van der Waals surface area contributed by atoms with Crippen molar-refractivity contribution in [1.29, 1.82) is 0 Å². The van der Waals surface area contributed by atoms with Gasteiger partial charge < -0.3 is 14.4 Å². The van der Waals surface area contributed by atoms with Crippen molar-refractivity contribution in [3.63, 3.8) is 0 Å². The fourth-order valence-electron chi connectivity index (χ4n) is 2.46. The number of β-lactam (4-membered cyclic amide) rings is 1. The summed E-state index contributed by atoms with van der Waals surface area (Å²) in [5.41, 5.74) is 0. The average molecular weight is 364 g/mol. The Labute approximate surface area is 150 Å². The summed E-state index contributed by atoms with van der Waals surface area (Å²) in [5, 5.41) is 0.511.